The summed E-state index contributed by atoms with van der Waals surface area (Å²) in [4.78, 5) is 17.5. The number of hydrogen-bond donors (Lipinski definition) is 2. The van der Waals surface area contributed by atoms with Crippen molar-refractivity contribution in [2.45, 2.75) is 12.5 Å². The van der Waals surface area contributed by atoms with Crippen molar-refractivity contribution in [2.24, 2.45) is 0 Å². The normalized spacial score (nSPS) is 19.3. The van der Waals surface area contributed by atoms with Crippen LogP contribution in [0.5, 0.6) is 0 Å². The third-order valence-corrected chi connectivity index (χ3v) is 3.73. The molecule has 1 unspecified atom stereocenters. The molecule has 1 saturated heterocycles. The molecule has 1 atom stereocenters. The summed E-state index contributed by atoms with van der Waals surface area (Å²) in [6.07, 6.45) is 2.91. The lowest BCUT2D eigenvalue weighted by atomic mass is 10.1. The predicted molar refractivity (Wildman–Crippen MR) is 71.7 cm³/mol. The van der Waals surface area contributed by atoms with E-state index in [1.165, 1.54) is 0 Å². The molecule has 3 rings (SSSR count). The number of carbonyl (C=O) groups excluding carboxylic acids is 1. The minimum absolute atomic E-state index is 0.105. The van der Waals surface area contributed by atoms with E-state index in [0.29, 0.717) is 6.04 Å². The molecule has 94 valence electrons. The van der Waals surface area contributed by atoms with Crippen molar-refractivity contribution in [3.05, 3.63) is 36.0 Å². The Hall–Kier alpha value is -1.81. The Kier molecular flexibility index (Phi) is 2.80. The number of benzene rings is 1. The van der Waals surface area contributed by atoms with E-state index in [9.17, 15) is 4.79 Å². The first-order valence-corrected chi connectivity index (χ1v) is 6.31. The lowest BCUT2D eigenvalue weighted by molar-refractivity contribution is 0.0746. The van der Waals surface area contributed by atoms with Crippen molar-refractivity contribution in [1.29, 1.82) is 0 Å². The topological polar surface area (TPSA) is 48.1 Å². The number of H-pyrrole nitrogens is 1. The molecule has 1 amide bonds. The molecule has 0 saturated carbocycles. The van der Waals surface area contributed by atoms with Crippen LogP contribution in [-0.2, 0) is 0 Å². The van der Waals surface area contributed by atoms with Crippen LogP contribution in [0.25, 0.3) is 10.9 Å². The van der Waals surface area contributed by atoms with Crippen molar-refractivity contribution < 1.29 is 4.79 Å². The number of rotatable bonds is 2. The first kappa shape index (κ1) is 11.3. The van der Waals surface area contributed by atoms with E-state index in [1.54, 1.807) is 0 Å². The average molecular weight is 243 g/mol. The minimum Gasteiger partial charge on any atom is -0.361 e. The second-order valence-electron chi connectivity index (χ2n) is 4.81. The largest absolute Gasteiger partial charge is 0.361 e. The van der Waals surface area contributed by atoms with E-state index in [4.69, 9.17) is 0 Å². The maximum absolute atomic E-state index is 12.5. The Bertz CT molecular complexity index is 569. The molecule has 1 aliphatic heterocycles. The van der Waals surface area contributed by atoms with Gasteiger partial charge in [0.05, 0.1) is 0 Å². The molecule has 2 heterocycles. The van der Waals surface area contributed by atoms with Crippen LogP contribution < -0.4 is 5.32 Å². The second-order valence-corrected chi connectivity index (χ2v) is 4.81. The van der Waals surface area contributed by atoms with Gasteiger partial charge in [0.1, 0.15) is 0 Å². The standard InChI is InChI=1S/C14H17N3O/c1-17(10-5-7-15-9-10)14(18)12-3-2-4-13-11(12)6-8-16-13/h2-4,6,8,10,15-16H,5,7,9H2,1H3. The summed E-state index contributed by atoms with van der Waals surface area (Å²) in [5.74, 6) is 0.105. The van der Waals surface area contributed by atoms with Crippen LogP contribution in [-0.4, -0.2) is 42.0 Å². The fourth-order valence-electron chi connectivity index (χ4n) is 2.60. The van der Waals surface area contributed by atoms with E-state index in [-0.39, 0.29) is 5.91 Å². The molecule has 4 heteroatoms. The van der Waals surface area contributed by atoms with Crippen LogP contribution in [0.1, 0.15) is 16.8 Å². The highest BCUT2D eigenvalue weighted by Crippen LogP contribution is 2.20. The van der Waals surface area contributed by atoms with Gasteiger partial charge >= 0.3 is 0 Å². The van der Waals surface area contributed by atoms with Gasteiger partial charge in [-0.1, -0.05) is 6.07 Å². The van der Waals surface area contributed by atoms with Crippen molar-refractivity contribution in [1.82, 2.24) is 15.2 Å². The highest BCUT2D eigenvalue weighted by molar-refractivity contribution is 6.06. The molecular formula is C14H17N3O. The molecule has 4 nitrogen and oxygen atoms in total. The Morgan fingerprint density at radius 2 is 2.28 bits per heavy atom. The first-order chi connectivity index (χ1) is 8.77. The Morgan fingerprint density at radius 3 is 3.06 bits per heavy atom. The number of aromatic nitrogens is 1. The fraction of sp³-hybridized carbons (Fsp3) is 0.357. The molecule has 2 aromatic rings. The van der Waals surface area contributed by atoms with E-state index < -0.39 is 0 Å². The molecule has 1 aromatic carbocycles. The number of hydrogen-bond acceptors (Lipinski definition) is 2. The van der Waals surface area contributed by atoms with Gasteiger partial charge in [-0.3, -0.25) is 4.79 Å². The zero-order chi connectivity index (χ0) is 12.5. The van der Waals surface area contributed by atoms with Crippen molar-refractivity contribution in [2.75, 3.05) is 20.1 Å². The summed E-state index contributed by atoms with van der Waals surface area (Å²) in [7, 11) is 1.89. The van der Waals surface area contributed by atoms with Gasteiger partial charge in [0.25, 0.3) is 5.91 Å². The molecule has 0 radical (unpaired) electrons. The Balaban J connectivity index is 1.93. The molecule has 0 bridgehead atoms. The summed E-state index contributed by atoms with van der Waals surface area (Å²) >= 11 is 0. The van der Waals surface area contributed by atoms with Crippen LogP contribution in [0.4, 0.5) is 0 Å². The average Bonchev–Trinajstić information content (AvgIpc) is 3.06. The number of aromatic amines is 1. The predicted octanol–water partition coefficient (Wildman–Crippen LogP) is 1.60. The van der Waals surface area contributed by atoms with Gasteiger partial charge in [0, 0.05) is 42.3 Å². The van der Waals surface area contributed by atoms with E-state index in [2.05, 4.69) is 10.3 Å². The molecule has 0 spiro atoms. The van der Waals surface area contributed by atoms with E-state index in [0.717, 1.165) is 36.0 Å². The summed E-state index contributed by atoms with van der Waals surface area (Å²) in [5, 5.41) is 4.29. The lowest BCUT2D eigenvalue weighted by Gasteiger charge is -2.24. The Morgan fingerprint density at radius 1 is 1.39 bits per heavy atom. The summed E-state index contributed by atoms with van der Waals surface area (Å²) in [6.45, 7) is 1.89. The van der Waals surface area contributed by atoms with Crippen molar-refractivity contribution in [3.8, 4) is 0 Å². The number of likely N-dealkylation sites (N-methyl/N-ethyl adjacent to an activating group) is 1. The minimum atomic E-state index is 0.105. The first-order valence-electron chi connectivity index (χ1n) is 6.31. The smallest absolute Gasteiger partial charge is 0.254 e. The number of amides is 1. The quantitative estimate of drug-likeness (QED) is 0.841. The molecule has 0 aliphatic carbocycles. The highest BCUT2D eigenvalue weighted by atomic mass is 16.2. The van der Waals surface area contributed by atoms with Gasteiger partial charge in [0.2, 0.25) is 0 Å². The molecule has 1 aliphatic rings. The van der Waals surface area contributed by atoms with Crippen LogP contribution >= 0.6 is 0 Å². The molecule has 1 aromatic heterocycles. The summed E-state index contributed by atoms with van der Waals surface area (Å²) in [6, 6.07) is 8.09. The van der Waals surface area contributed by atoms with E-state index in [1.807, 2.05) is 42.4 Å². The maximum atomic E-state index is 12.5. The summed E-state index contributed by atoms with van der Waals surface area (Å²) in [5.41, 5.74) is 1.79. The highest BCUT2D eigenvalue weighted by Gasteiger charge is 2.24. The molecule has 18 heavy (non-hydrogen) atoms. The monoisotopic (exact) mass is 243 g/mol. The number of carbonyl (C=O) groups is 1. The molecular weight excluding hydrogens is 226 g/mol. The van der Waals surface area contributed by atoms with Crippen LogP contribution in [0.2, 0.25) is 0 Å². The van der Waals surface area contributed by atoms with Crippen LogP contribution in [0.15, 0.2) is 30.5 Å². The fourth-order valence-corrected chi connectivity index (χ4v) is 2.60. The second kappa shape index (κ2) is 4.46. The van der Waals surface area contributed by atoms with Crippen LogP contribution in [0.3, 0.4) is 0 Å². The van der Waals surface area contributed by atoms with Gasteiger partial charge < -0.3 is 15.2 Å². The number of nitrogens with one attached hydrogen (secondary N) is 2. The lowest BCUT2D eigenvalue weighted by Crippen LogP contribution is -2.38. The van der Waals surface area contributed by atoms with Gasteiger partial charge in [-0.05, 0) is 31.2 Å². The van der Waals surface area contributed by atoms with Crippen molar-refractivity contribution in [3.63, 3.8) is 0 Å². The van der Waals surface area contributed by atoms with Gasteiger partial charge in [-0.25, -0.2) is 0 Å². The van der Waals surface area contributed by atoms with Gasteiger partial charge in [0.15, 0.2) is 0 Å². The zero-order valence-electron chi connectivity index (χ0n) is 10.4. The number of nitrogens with zero attached hydrogens (tertiary/aromatic N) is 1. The SMILES string of the molecule is CN(C(=O)c1cccc2[nH]ccc12)C1CCNC1. The molecule has 1 fully saturated rings. The number of fused-ring (bicyclic) bond motifs is 1. The third kappa shape index (κ3) is 1.78. The molecule has 2 N–H and O–H groups in total. The third-order valence-electron chi connectivity index (χ3n) is 3.73. The van der Waals surface area contributed by atoms with E-state index >= 15 is 0 Å². The van der Waals surface area contributed by atoms with Gasteiger partial charge in [-0.2, -0.15) is 0 Å². The maximum Gasteiger partial charge on any atom is 0.254 e. The Labute approximate surface area is 106 Å². The summed E-state index contributed by atoms with van der Waals surface area (Å²) < 4.78 is 0. The van der Waals surface area contributed by atoms with Gasteiger partial charge in [-0.15, -0.1) is 0 Å². The van der Waals surface area contributed by atoms with Crippen LogP contribution in [0, 0.1) is 0 Å². The van der Waals surface area contributed by atoms with Crippen molar-refractivity contribution >= 4 is 16.8 Å². The zero-order valence-corrected chi connectivity index (χ0v) is 10.4.